The van der Waals surface area contributed by atoms with Crippen molar-refractivity contribution in [3.05, 3.63) is 59.7 Å². The van der Waals surface area contributed by atoms with Crippen molar-refractivity contribution in [1.82, 2.24) is 10.9 Å². The number of thiocarbonyl (C=S) groups is 1. The zero-order valence-electron chi connectivity index (χ0n) is 16.5. The highest BCUT2D eigenvalue weighted by Crippen LogP contribution is 2.19. The van der Waals surface area contributed by atoms with Crippen LogP contribution < -0.4 is 25.8 Å². The molecule has 2 aromatic carbocycles. The lowest BCUT2D eigenvalue weighted by molar-refractivity contribution is -0.921. The number of hydrogen-bond acceptors (Lipinski definition) is 4. The van der Waals surface area contributed by atoms with Crippen LogP contribution in [-0.4, -0.2) is 44.4 Å². The maximum atomic E-state index is 12.3. The summed E-state index contributed by atoms with van der Waals surface area (Å²) in [5, 5.41) is 3.34. The molecular weight excluding hydrogens is 388 g/mol. The second-order valence-corrected chi connectivity index (χ2v) is 7.26. The van der Waals surface area contributed by atoms with Gasteiger partial charge in [-0.25, -0.2) is 0 Å². The monoisotopic (exact) mass is 415 g/mol. The van der Waals surface area contributed by atoms with Gasteiger partial charge in [-0.3, -0.25) is 15.6 Å². The summed E-state index contributed by atoms with van der Waals surface area (Å²) in [6, 6.07) is 15.4. The Morgan fingerprint density at radius 2 is 1.90 bits per heavy atom. The molecule has 1 fully saturated rings. The second kappa shape index (κ2) is 10.8. The van der Waals surface area contributed by atoms with Crippen molar-refractivity contribution in [3.8, 4) is 5.75 Å². The third kappa shape index (κ3) is 6.70. The molecule has 8 heteroatoms. The Morgan fingerprint density at radius 3 is 2.62 bits per heavy atom. The number of hydrogen-bond donors (Lipinski definition) is 4. The van der Waals surface area contributed by atoms with Crippen LogP contribution in [0.5, 0.6) is 5.75 Å². The van der Waals surface area contributed by atoms with Gasteiger partial charge in [-0.15, -0.1) is 0 Å². The third-order valence-corrected chi connectivity index (χ3v) is 4.90. The fraction of sp³-hybridized carbons (Fsp3) is 0.333. The number of nitrogens with one attached hydrogen (secondary N) is 4. The van der Waals surface area contributed by atoms with Crippen LogP contribution in [0.3, 0.4) is 0 Å². The molecule has 1 amide bonds. The quantitative estimate of drug-likeness (QED) is 0.411. The van der Waals surface area contributed by atoms with Crippen molar-refractivity contribution in [3.63, 3.8) is 0 Å². The standard InChI is InChI=1S/C21H26N4O3S/c1-27-19-8-7-16(13-17(19)15-25-9-11-28-12-10-25)14-20(26)23-24-21(29)22-18-5-3-2-4-6-18/h2-8,13H,9-12,14-15H2,1H3,(H,23,26)(H2,22,24,29)/p+1. The molecule has 0 atom stereocenters. The number of anilines is 1. The van der Waals surface area contributed by atoms with E-state index in [2.05, 4.69) is 16.2 Å². The first-order valence-corrected chi connectivity index (χ1v) is 10.0. The molecule has 1 heterocycles. The SMILES string of the molecule is COc1ccc(CC(=O)NNC(=S)Nc2ccccc2)cc1C[NH+]1CCOCC1. The molecule has 2 aromatic rings. The summed E-state index contributed by atoms with van der Waals surface area (Å²) in [6.07, 6.45) is 0.246. The van der Waals surface area contributed by atoms with Gasteiger partial charge in [0.2, 0.25) is 5.91 Å². The molecular formula is C21H27N4O3S+. The van der Waals surface area contributed by atoms with E-state index < -0.39 is 0 Å². The molecule has 1 aliphatic rings. The summed E-state index contributed by atoms with van der Waals surface area (Å²) in [6.45, 7) is 4.36. The first-order valence-electron chi connectivity index (χ1n) is 9.62. The predicted molar refractivity (Wildman–Crippen MR) is 116 cm³/mol. The van der Waals surface area contributed by atoms with E-state index in [1.165, 1.54) is 4.90 Å². The number of rotatable bonds is 6. The van der Waals surface area contributed by atoms with Gasteiger partial charge in [0, 0.05) is 11.3 Å². The summed E-state index contributed by atoms with van der Waals surface area (Å²) in [7, 11) is 1.67. The molecule has 1 saturated heterocycles. The van der Waals surface area contributed by atoms with Gasteiger partial charge in [-0.2, -0.15) is 0 Å². The molecule has 0 radical (unpaired) electrons. The number of para-hydroxylation sites is 1. The lowest BCUT2D eigenvalue weighted by Gasteiger charge is -2.24. The number of morpholine rings is 1. The highest BCUT2D eigenvalue weighted by molar-refractivity contribution is 7.80. The fourth-order valence-corrected chi connectivity index (χ4v) is 3.40. The lowest BCUT2D eigenvalue weighted by atomic mass is 10.1. The Morgan fingerprint density at radius 1 is 1.14 bits per heavy atom. The Labute approximate surface area is 176 Å². The van der Waals surface area contributed by atoms with Crippen molar-refractivity contribution in [2.45, 2.75) is 13.0 Å². The predicted octanol–water partition coefficient (Wildman–Crippen LogP) is 0.671. The Balaban J connectivity index is 1.52. The van der Waals surface area contributed by atoms with Crippen LogP contribution in [0, 0.1) is 0 Å². The normalized spacial score (nSPS) is 14.1. The van der Waals surface area contributed by atoms with Crippen molar-refractivity contribution in [2.24, 2.45) is 0 Å². The van der Waals surface area contributed by atoms with E-state index in [0.717, 1.165) is 55.4 Å². The number of amides is 1. The first kappa shape index (κ1) is 21.0. The molecule has 0 aromatic heterocycles. The van der Waals surface area contributed by atoms with E-state index in [1.54, 1.807) is 7.11 Å². The molecule has 3 rings (SSSR count). The maximum absolute atomic E-state index is 12.3. The number of methoxy groups -OCH3 is 1. The molecule has 154 valence electrons. The molecule has 4 N–H and O–H groups in total. The zero-order valence-corrected chi connectivity index (χ0v) is 17.3. The van der Waals surface area contributed by atoms with Crippen molar-refractivity contribution in [2.75, 3.05) is 38.7 Å². The van der Waals surface area contributed by atoms with E-state index in [1.807, 2.05) is 48.5 Å². The number of ether oxygens (including phenoxy) is 2. The molecule has 0 spiro atoms. The van der Waals surface area contributed by atoms with Crippen molar-refractivity contribution < 1.29 is 19.2 Å². The smallest absolute Gasteiger partial charge is 0.242 e. The topological polar surface area (TPSA) is 76.1 Å². The summed E-state index contributed by atoms with van der Waals surface area (Å²) in [5.74, 6) is 0.677. The van der Waals surface area contributed by atoms with Gasteiger partial charge in [0.05, 0.1) is 26.7 Å². The summed E-state index contributed by atoms with van der Waals surface area (Å²) < 4.78 is 10.9. The molecule has 29 heavy (non-hydrogen) atoms. The Bertz CT molecular complexity index is 826. The van der Waals surface area contributed by atoms with Gasteiger partial charge in [-0.1, -0.05) is 24.3 Å². The molecule has 0 saturated carbocycles. The highest BCUT2D eigenvalue weighted by Gasteiger charge is 2.17. The third-order valence-electron chi connectivity index (χ3n) is 4.70. The second-order valence-electron chi connectivity index (χ2n) is 6.86. The van der Waals surface area contributed by atoms with Gasteiger partial charge in [0.15, 0.2) is 5.11 Å². The van der Waals surface area contributed by atoms with E-state index in [-0.39, 0.29) is 12.3 Å². The minimum atomic E-state index is -0.169. The summed E-state index contributed by atoms with van der Waals surface area (Å²) in [4.78, 5) is 13.8. The van der Waals surface area contributed by atoms with Crippen LogP contribution in [0.2, 0.25) is 0 Å². The van der Waals surface area contributed by atoms with E-state index in [0.29, 0.717) is 5.11 Å². The van der Waals surface area contributed by atoms with Crippen molar-refractivity contribution in [1.29, 1.82) is 0 Å². The van der Waals surface area contributed by atoms with Gasteiger partial charge in [-0.05, 0) is 42.0 Å². The van der Waals surface area contributed by atoms with Crippen LogP contribution in [0.4, 0.5) is 5.69 Å². The van der Waals surface area contributed by atoms with E-state index in [9.17, 15) is 4.79 Å². The number of carbonyl (C=O) groups is 1. The molecule has 0 aliphatic carbocycles. The van der Waals surface area contributed by atoms with Crippen LogP contribution in [0.25, 0.3) is 0 Å². The van der Waals surface area contributed by atoms with Gasteiger partial charge >= 0.3 is 0 Å². The van der Waals surface area contributed by atoms with Gasteiger partial charge in [0.1, 0.15) is 25.4 Å². The lowest BCUT2D eigenvalue weighted by Crippen LogP contribution is -3.12. The largest absolute Gasteiger partial charge is 0.496 e. The molecule has 1 aliphatic heterocycles. The van der Waals surface area contributed by atoms with Gasteiger partial charge < -0.3 is 19.7 Å². The van der Waals surface area contributed by atoms with E-state index >= 15 is 0 Å². The average molecular weight is 416 g/mol. The number of carbonyl (C=O) groups excluding carboxylic acids is 1. The Kier molecular flexibility index (Phi) is 7.80. The minimum absolute atomic E-state index is 0.169. The van der Waals surface area contributed by atoms with Crippen LogP contribution >= 0.6 is 12.2 Å². The maximum Gasteiger partial charge on any atom is 0.242 e. The van der Waals surface area contributed by atoms with Crippen LogP contribution in [0.1, 0.15) is 11.1 Å². The van der Waals surface area contributed by atoms with Crippen LogP contribution in [0.15, 0.2) is 48.5 Å². The number of benzene rings is 2. The average Bonchev–Trinajstić information content (AvgIpc) is 2.74. The van der Waals surface area contributed by atoms with Crippen molar-refractivity contribution >= 4 is 28.9 Å². The number of hydrazine groups is 1. The number of quaternary nitrogens is 1. The first-order chi connectivity index (χ1) is 14.1. The minimum Gasteiger partial charge on any atom is -0.496 e. The highest BCUT2D eigenvalue weighted by atomic mass is 32.1. The molecule has 0 unspecified atom stereocenters. The summed E-state index contributed by atoms with van der Waals surface area (Å²) in [5.41, 5.74) is 8.25. The fourth-order valence-electron chi connectivity index (χ4n) is 3.23. The Hall–Kier alpha value is -2.68. The summed E-state index contributed by atoms with van der Waals surface area (Å²) >= 11 is 5.20. The van der Waals surface area contributed by atoms with Crippen LogP contribution in [-0.2, 0) is 22.5 Å². The van der Waals surface area contributed by atoms with E-state index in [4.69, 9.17) is 21.7 Å². The molecule has 0 bridgehead atoms. The molecule has 7 nitrogen and oxygen atoms in total. The van der Waals surface area contributed by atoms with Gasteiger partial charge in [0.25, 0.3) is 0 Å². The zero-order chi connectivity index (χ0) is 20.5.